The molecule has 1 aromatic carbocycles. The summed E-state index contributed by atoms with van der Waals surface area (Å²) in [7, 11) is 0. The fraction of sp³-hybridized carbons (Fsp3) is 0.182. The van der Waals surface area contributed by atoms with Crippen LogP contribution in [0.2, 0.25) is 0 Å². The summed E-state index contributed by atoms with van der Waals surface area (Å²) in [6, 6.07) is 4.78. The van der Waals surface area contributed by atoms with Gasteiger partial charge in [0.25, 0.3) is 0 Å². The molecule has 0 amide bonds. The Kier molecular flexibility index (Phi) is 3.05. The number of nitrogens with two attached hydrogens (primary N) is 1. The minimum absolute atomic E-state index is 0.260. The summed E-state index contributed by atoms with van der Waals surface area (Å²) in [5, 5.41) is 2.43. The highest BCUT2D eigenvalue weighted by Gasteiger charge is 2.08. The number of ether oxygens (including phenoxy) is 1. The maximum Gasteiger partial charge on any atom is 0.165 e. The monoisotopic (exact) mass is 238 g/mol. The third-order valence-corrected chi connectivity index (χ3v) is 2.91. The largest absolute Gasteiger partial charge is 0.491 e. The van der Waals surface area contributed by atoms with E-state index in [2.05, 4.69) is 4.98 Å². The van der Waals surface area contributed by atoms with Crippen LogP contribution in [-0.2, 0) is 0 Å². The van der Waals surface area contributed by atoms with Crippen LogP contribution in [0.4, 0.5) is 10.2 Å². The summed E-state index contributed by atoms with van der Waals surface area (Å²) in [5.74, 6) is 0.332. The number of rotatable bonds is 3. The van der Waals surface area contributed by atoms with E-state index >= 15 is 0 Å². The van der Waals surface area contributed by atoms with E-state index in [0.717, 1.165) is 0 Å². The van der Waals surface area contributed by atoms with Crippen molar-refractivity contribution in [1.82, 2.24) is 4.98 Å². The zero-order chi connectivity index (χ0) is 11.5. The summed E-state index contributed by atoms with van der Waals surface area (Å²) in [6.07, 6.45) is 0. The van der Waals surface area contributed by atoms with Crippen molar-refractivity contribution in [3.05, 3.63) is 29.4 Å². The van der Waals surface area contributed by atoms with Crippen LogP contribution in [0.3, 0.4) is 0 Å². The van der Waals surface area contributed by atoms with Gasteiger partial charge in [0.15, 0.2) is 11.6 Å². The van der Waals surface area contributed by atoms with Gasteiger partial charge >= 0.3 is 0 Å². The molecular formula is C11H11FN2OS. The van der Waals surface area contributed by atoms with Gasteiger partial charge in [0.05, 0.1) is 6.61 Å². The van der Waals surface area contributed by atoms with Crippen molar-refractivity contribution < 1.29 is 9.13 Å². The molecular weight excluding hydrogens is 227 g/mol. The van der Waals surface area contributed by atoms with Crippen molar-refractivity contribution in [1.29, 1.82) is 0 Å². The standard InChI is InChI=1S/C11H11FN2OS/c1-2-15-9-4-3-7(5-8(9)12)11-14-10(13)6-16-11/h3-6H,2,13H2,1H3. The molecule has 0 aliphatic heterocycles. The Labute approximate surface area is 96.7 Å². The SMILES string of the molecule is CCOc1ccc(-c2nc(N)cs2)cc1F. The second-order valence-corrected chi connectivity index (χ2v) is 4.01. The van der Waals surface area contributed by atoms with E-state index in [0.29, 0.717) is 23.0 Å². The molecule has 0 bridgehead atoms. The number of aromatic nitrogens is 1. The van der Waals surface area contributed by atoms with Crippen LogP contribution in [0.5, 0.6) is 5.75 Å². The number of anilines is 1. The third-order valence-electron chi connectivity index (χ3n) is 2.00. The van der Waals surface area contributed by atoms with Gasteiger partial charge in [-0.1, -0.05) is 0 Å². The smallest absolute Gasteiger partial charge is 0.165 e. The second-order valence-electron chi connectivity index (χ2n) is 3.16. The molecule has 84 valence electrons. The number of benzene rings is 1. The van der Waals surface area contributed by atoms with Crippen LogP contribution < -0.4 is 10.5 Å². The second kappa shape index (κ2) is 4.49. The lowest BCUT2D eigenvalue weighted by atomic mass is 10.2. The zero-order valence-corrected chi connectivity index (χ0v) is 9.55. The topological polar surface area (TPSA) is 48.1 Å². The molecule has 0 atom stereocenters. The molecule has 5 heteroatoms. The maximum absolute atomic E-state index is 13.6. The van der Waals surface area contributed by atoms with Crippen LogP contribution in [0.1, 0.15) is 6.92 Å². The van der Waals surface area contributed by atoms with Gasteiger partial charge < -0.3 is 10.5 Å². The molecule has 1 aromatic heterocycles. The van der Waals surface area contributed by atoms with E-state index in [1.165, 1.54) is 17.4 Å². The van der Waals surface area contributed by atoms with Gasteiger partial charge in [-0.25, -0.2) is 9.37 Å². The lowest BCUT2D eigenvalue weighted by molar-refractivity contribution is 0.321. The third kappa shape index (κ3) is 2.14. The molecule has 2 N–H and O–H groups in total. The van der Waals surface area contributed by atoms with Crippen molar-refractivity contribution >= 4 is 17.2 Å². The number of nitrogen functional groups attached to an aromatic ring is 1. The maximum atomic E-state index is 13.6. The summed E-state index contributed by atoms with van der Waals surface area (Å²) < 4.78 is 18.7. The summed E-state index contributed by atoms with van der Waals surface area (Å²) in [5.41, 5.74) is 6.22. The highest BCUT2D eigenvalue weighted by molar-refractivity contribution is 7.13. The molecule has 0 aliphatic rings. The first kappa shape index (κ1) is 10.9. The van der Waals surface area contributed by atoms with Crippen molar-refractivity contribution in [2.24, 2.45) is 0 Å². The van der Waals surface area contributed by atoms with Crippen LogP contribution in [0.15, 0.2) is 23.6 Å². The lowest BCUT2D eigenvalue weighted by Gasteiger charge is -2.05. The van der Waals surface area contributed by atoms with Gasteiger partial charge in [0.1, 0.15) is 10.8 Å². The Bertz CT molecular complexity index is 498. The number of hydrogen-bond acceptors (Lipinski definition) is 4. The molecule has 0 saturated carbocycles. The van der Waals surface area contributed by atoms with Gasteiger partial charge in [-0.15, -0.1) is 11.3 Å². The van der Waals surface area contributed by atoms with Crippen LogP contribution >= 0.6 is 11.3 Å². The van der Waals surface area contributed by atoms with Gasteiger partial charge in [-0.05, 0) is 25.1 Å². The van der Waals surface area contributed by atoms with E-state index in [4.69, 9.17) is 10.5 Å². The lowest BCUT2D eigenvalue weighted by Crippen LogP contribution is -1.94. The minimum atomic E-state index is -0.381. The molecule has 3 nitrogen and oxygen atoms in total. The Morgan fingerprint density at radius 3 is 2.88 bits per heavy atom. The highest BCUT2D eigenvalue weighted by atomic mass is 32.1. The Morgan fingerprint density at radius 2 is 2.31 bits per heavy atom. The Balaban J connectivity index is 2.34. The first-order chi connectivity index (χ1) is 7.70. The van der Waals surface area contributed by atoms with Crippen LogP contribution in [0, 0.1) is 5.82 Å². The van der Waals surface area contributed by atoms with E-state index in [1.807, 2.05) is 6.92 Å². The van der Waals surface area contributed by atoms with Crippen LogP contribution in [0.25, 0.3) is 10.6 Å². The molecule has 0 saturated heterocycles. The summed E-state index contributed by atoms with van der Waals surface area (Å²) in [4.78, 5) is 4.09. The summed E-state index contributed by atoms with van der Waals surface area (Å²) in [6.45, 7) is 2.26. The molecule has 1 heterocycles. The molecule has 2 aromatic rings. The van der Waals surface area contributed by atoms with E-state index < -0.39 is 0 Å². The van der Waals surface area contributed by atoms with Crippen LogP contribution in [-0.4, -0.2) is 11.6 Å². The van der Waals surface area contributed by atoms with Gasteiger partial charge in [-0.3, -0.25) is 0 Å². The molecule has 0 fully saturated rings. The van der Waals surface area contributed by atoms with E-state index in [1.54, 1.807) is 17.5 Å². The number of hydrogen-bond donors (Lipinski definition) is 1. The Morgan fingerprint density at radius 1 is 1.50 bits per heavy atom. The quantitative estimate of drug-likeness (QED) is 0.894. The molecule has 0 aliphatic carbocycles. The van der Waals surface area contributed by atoms with E-state index in [9.17, 15) is 4.39 Å². The van der Waals surface area contributed by atoms with Crippen molar-refractivity contribution in [3.63, 3.8) is 0 Å². The van der Waals surface area contributed by atoms with Crippen molar-refractivity contribution in [2.45, 2.75) is 6.92 Å². The predicted molar refractivity (Wildman–Crippen MR) is 63.1 cm³/mol. The Hall–Kier alpha value is -1.62. The molecule has 16 heavy (non-hydrogen) atoms. The fourth-order valence-corrected chi connectivity index (χ4v) is 2.03. The first-order valence-electron chi connectivity index (χ1n) is 4.84. The molecule has 0 spiro atoms. The highest BCUT2D eigenvalue weighted by Crippen LogP contribution is 2.28. The average Bonchev–Trinajstić information content (AvgIpc) is 2.68. The molecule has 2 rings (SSSR count). The number of thiazole rings is 1. The van der Waals surface area contributed by atoms with Gasteiger partial charge in [0, 0.05) is 10.9 Å². The van der Waals surface area contributed by atoms with Crippen molar-refractivity contribution in [3.8, 4) is 16.3 Å². The fourth-order valence-electron chi connectivity index (χ4n) is 1.33. The zero-order valence-electron chi connectivity index (χ0n) is 8.74. The summed E-state index contributed by atoms with van der Waals surface area (Å²) >= 11 is 1.39. The normalized spacial score (nSPS) is 10.4. The molecule has 0 unspecified atom stereocenters. The number of nitrogens with zero attached hydrogens (tertiary/aromatic N) is 1. The van der Waals surface area contributed by atoms with Crippen molar-refractivity contribution in [2.75, 3.05) is 12.3 Å². The van der Waals surface area contributed by atoms with Gasteiger partial charge in [-0.2, -0.15) is 0 Å². The first-order valence-corrected chi connectivity index (χ1v) is 5.72. The van der Waals surface area contributed by atoms with E-state index in [-0.39, 0.29) is 11.6 Å². The molecule has 0 radical (unpaired) electrons. The average molecular weight is 238 g/mol. The van der Waals surface area contributed by atoms with Gasteiger partial charge in [0.2, 0.25) is 0 Å². The number of halogens is 1. The predicted octanol–water partition coefficient (Wildman–Crippen LogP) is 2.93. The minimum Gasteiger partial charge on any atom is -0.491 e.